The summed E-state index contributed by atoms with van der Waals surface area (Å²) in [6.07, 6.45) is 7.27. The van der Waals surface area contributed by atoms with Crippen molar-refractivity contribution in [3.05, 3.63) is 11.3 Å². The Kier molecular flexibility index (Phi) is 5.32. The van der Waals surface area contributed by atoms with Crippen LogP contribution in [0, 0.1) is 6.92 Å². The Bertz CT molecular complexity index is 468. The molecule has 1 aliphatic carbocycles. The molecule has 0 aliphatic heterocycles. The topological polar surface area (TPSA) is 51.2 Å². The van der Waals surface area contributed by atoms with Gasteiger partial charge in [0.05, 0.1) is 12.3 Å². The van der Waals surface area contributed by atoms with E-state index in [4.69, 9.17) is 4.74 Å². The number of esters is 1. The number of hydrogen-bond donors (Lipinski definition) is 1. The van der Waals surface area contributed by atoms with Crippen molar-refractivity contribution in [1.82, 2.24) is 4.37 Å². The molecular weight excluding hydrogens is 292 g/mol. The molecular formula is C14H22N2O2S2. The number of thioether (sulfide) groups is 1. The summed E-state index contributed by atoms with van der Waals surface area (Å²) in [4.78, 5) is 12.0. The first kappa shape index (κ1) is 15.6. The van der Waals surface area contributed by atoms with Crippen molar-refractivity contribution in [1.29, 1.82) is 0 Å². The fraction of sp³-hybridized carbons (Fsp3) is 0.714. The van der Waals surface area contributed by atoms with Crippen molar-refractivity contribution >= 4 is 34.3 Å². The normalized spacial score (nSPS) is 17.1. The van der Waals surface area contributed by atoms with Crippen LogP contribution in [0.1, 0.15) is 48.7 Å². The van der Waals surface area contributed by atoms with Gasteiger partial charge >= 0.3 is 5.97 Å². The third-order valence-corrected chi connectivity index (χ3v) is 6.18. The highest BCUT2D eigenvalue weighted by Gasteiger charge is 2.33. The second kappa shape index (κ2) is 6.80. The minimum atomic E-state index is -0.272. The number of anilines is 1. The van der Waals surface area contributed by atoms with Gasteiger partial charge < -0.3 is 10.1 Å². The molecule has 0 saturated heterocycles. The van der Waals surface area contributed by atoms with E-state index in [1.54, 1.807) is 0 Å². The van der Waals surface area contributed by atoms with Crippen LogP contribution in [0.3, 0.4) is 0 Å². The molecule has 0 radical (unpaired) electrons. The van der Waals surface area contributed by atoms with Crippen molar-refractivity contribution in [2.24, 2.45) is 0 Å². The van der Waals surface area contributed by atoms with E-state index in [9.17, 15) is 4.79 Å². The van der Waals surface area contributed by atoms with E-state index in [0.29, 0.717) is 16.9 Å². The number of nitrogens with one attached hydrogen (secondary N) is 1. The standard InChI is InChI=1S/C14H22N2O2S2/c1-4-18-13(17)11-10(2)16-20-12(11)15-9-14(19-3)7-5-6-8-14/h15H,4-9H2,1-3H3. The molecule has 1 aliphatic rings. The third-order valence-electron chi connectivity index (χ3n) is 3.86. The summed E-state index contributed by atoms with van der Waals surface area (Å²) < 4.78 is 9.71. The fourth-order valence-electron chi connectivity index (χ4n) is 2.65. The maximum atomic E-state index is 12.0. The zero-order valence-electron chi connectivity index (χ0n) is 12.3. The Morgan fingerprint density at radius 1 is 1.50 bits per heavy atom. The predicted molar refractivity (Wildman–Crippen MR) is 86.0 cm³/mol. The molecule has 6 heteroatoms. The Hall–Kier alpha value is -0.750. The van der Waals surface area contributed by atoms with Crippen LogP contribution in [0.4, 0.5) is 5.00 Å². The van der Waals surface area contributed by atoms with Gasteiger partial charge in [0.25, 0.3) is 0 Å². The number of ether oxygens (including phenoxy) is 1. The van der Waals surface area contributed by atoms with Crippen LogP contribution in [-0.2, 0) is 4.74 Å². The van der Waals surface area contributed by atoms with E-state index in [1.165, 1.54) is 37.2 Å². The van der Waals surface area contributed by atoms with Gasteiger partial charge in [-0.1, -0.05) is 12.8 Å². The molecule has 0 amide bonds. The first-order valence-electron chi connectivity index (χ1n) is 7.04. The van der Waals surface area contributed by atoms with Gasteiger partial charge in [0.15, 0.2) is 0 Å². The Balaban J connectivity index is 2.08. The summed E-state index contributed by atoms with van der Waals surface area (Å²) in [7, 11) is 0. The lowest BCUT2D eigenvalue weighted by Crippen LogP contribution is -2.30. The lowest BCUT2D eigenvalue weighted by molar-refractivity contribution is 0.0527. The zero-order valence-corrected chi connectivity index (χ0v) is 14.0. The minimum absolute atomic E-state index is 0.272. The van der Waals surface area contributed by atoms with E-state index in [-0.39, 0.29) is 5.97 Å². The van der Waals surface area contributed by atoms with Crippen LogP contribution in [0.15, 0.2) is 0 Å². The molecule has 0 unspecified atom stereocenters. The number of carbonyl (C=O) groups excluding carboxylic acids is 1. The molecule has 0 bridgehead atoms. The Morgan fingerprint density at radius 2 is 2.20 bits per heavy atom. The van der Waals surface area contributed by atoms with Gasteiger partial charge in [-0.3, -0.25) is 0 Å². The van der Waals surface area contributed by atoms with E-state index < -0.39 is 0 Å². The van der Waals surface area contributed by atoms with E-state index >= 15 is 0 Å². The SMILES string of the molecule is CCOC(=O)c1c(C)nsc1NCC1(SC)CCCC1. The van der Waals surface area contributed by atoms with E-state index in [2.05, 4.69) is 15.9 Å². The van der Waals surface area contributed by atoms with Crippen LogP contribution < -0.4 is 5.32 Å². The summed E-state index contributed by atoms with van der Waals surface area (Å²) in [5.74, 6) is -0.272. The van der Waals surface area contributed by atoms with Gasteiger partial charge in [0.2, 0.25) is 0 Å². The number of aromatic nitrogens is 1. The highest BCUT2D eigenvalue weighted by molar-refractivity contribution is 8.00. The molecule has 0 aromatic carbocycles. The molecule has 1 N–H and O–H groups in total. The lowest BCUT2D eigenvalue weighted by Gasteiger charge is -2.27. The zero-order chi connectivity index (χ0) is 14.6. The van der Waals surface area contributed by atoms with Gasteiger partial charge in [-0.05, 0) is 44.5 Å². The second-order valence-electron chi connectivity index (χ2n) is 5.14. The molecule has 112 valence electrons. The number of nitrogens with zero attached hydrogens (tertiary/aromatic N) is 1. The molecule has 4 nitrogen and oxygen atoms in total. The molecule has 1 heterocycles. The molecule has 1 fully saturated rings. The summed E-state index contributed by atoms with van der Waals surface area (Å²) in [6, 6.07) is 0. The second-order valence-corrected chi connectivity index (χ2v) is 7.19. The maximum Gasteiger partial charge on any atom is 0.343 e. The van der Waals surface area contributed by atoms with Crippen molar-refractivity contribution in [3.63, 3.8) is 0 Å². The first-order valence-corrected chi connectivity index (χ1v) is 9.04. The van der Waals surface area contributed by atoms with Crippen LogP contribution in [0.2, 0.25) is 0 Å². The summed E-state index contributed by atoms with van der Waals surface area (Å²) >= 11 is 3.29. The van der Waals surface area contributed by atoms with Gasteiger partial charge in [-0.15, -0.1) is 0 Å². The van der Waals surface area contributed by atoms with Crippen molar-refractivity contribution in [3.8, 4) is 0 Å². The van der Waals surface area contributed by atoms with Crippen molar-refractivity contribution in [2.45, 2.75) is 44.3 Å². The number of aryl methyl sites for hydroxylation is 1. The molecule has 2 rings (SSSR count). The number of rotatable bonds is 6. The van der Waals surface area contributed by atoms with Crippen LogP contribution in [0.5, 0.6) is 0 Å². The molecule has 0 atom stereocenters. The van der Waals surface area contributed by atoms with Crippen LogP contribution >= 0.6 is 23.3 Å². The predicted octanol–water partition coefficient (Wildman–Crippen LogP) is 3.72. The van der Waals surface area contributed by atoms with Gasteiger partial charge in [0, 0.05) is 11.3 Å². The highest BCUT2D eigenvalue weighted by Crippen LogP contribution is 2.40. The van der Waals surface area contributed by atoms with E-state index in [1.807, 2.05) is 25.6 Å². The third kappa shape index (κ3) is 3.28. The number of carbonyl (C=O) groups is 1. The first-order chi connectivity index (χ1) is 9.62. The largest absolute Gasteiger partial charge is 0.462 e. The molecule has 0 spiro atoms. The summed E-state index contributed by atoms with van der Waals surface area (Å²) in [6.45, 7) is 4.96. The summed E-state index contributed by atoms with van der Waals surface area (Å²) in [5.41, 5.74) is 1.35. The molecule has 1 aromatic heterocycles. The number of hydrogen-bond acceptors (Lipinski definition) is 6. The molecule has 1 saturated carbocycles. The van der Waals surface area contributed by atoms with Crippen LogP contribution in [-0.4, -0.2) is 34.5 Å². The lowest BCUT2D eigenvalue weighted by atomic mass is 10.1. The molecule has 1 aromatic rings. The smallest absolute Gasteiger partial charge is 0.343 e. The van der Waals surface area contributed by atoms with Crippen molar-refractivity contribution < 1.29 is 9.53 Å². The average Bonchev–Trinajstić information content (AvgIpc) is 3.04. The summed E-state index contributed by atoms with van der Waals surface area (Å²) in [5, 5.41) is 4.29. The fourth-order valence-corrected chi connectivity index (χ4v) is 4.34. The quantitative estimate of drug-likeness (QED) is 0.811. The monoisotopic (exact) mass is 314 g/mol. The highest BCUT2D eigenvalue weighted by atomic mass is 32.2. The Morgan fingerprint density at radius 3 is 2.80 bits per heavy atom. The average molecular weight is 314 g/mol. The van der Waals surface area contributed by atoms with Crippen LogP contribution in [0.25, 0.3) is 0 Å². The van der Waals surface area contributed by atoms with E-state index in [0.717, 1.165) is 17.2 Å². The van der Waals surface area contributed by atoms with Gasteiger partial charge in [-0.2, -0.15) is 16.1 Å². The molecule has 20 heavy (non-hydrogen) atoms. The maximum absolute atomic E-state index is 12.0. The van der Waals surface area contributed by atoms with Crippen molar-refractivity contribution in [2.75, 3.05) is 24.7 Å². The Labute approximate surface area is 128 Å². The minimum Gasteiger partial charge on any atom is -0.462 e. The van der Waals surface area contributed by atoms with Gasteiger partial charge in [-0.25, -0.2) is 4.79 Å². The van der Waals surface area contributed by atoms with Gasteiger partial charge in [0.1, 0.15) is 10.6 Å².